The average molecular weight is 363 g/mol. The van der Waals surface area contributed by atoms with Crippen LogP contribution in [0.15, 0.2) is 60.3 Å². The summed E-state index contributed by atoms with van der Waals surface area (Å²) in [6.07, 6.45) is -5.22. The van der Waals surface area contributed by atoms with Crippen LogP contribution in [0, 0.1) is 0 Å². The second-order valence-electron chi connectivity index (χ2n) is 5.76. The van der Waals surface area contributed by atoms with Crippen molar-refractivity contribution in [1.29, 1.82) is 0 Å². The number of amides is 1. The van der Waals surface area contributed by atoms with Crippen molar-refractivity contribution in [3.05, 3.63) is 71.4 Å². The lowest BCUT2D eigenvalue weighted by molar-refractivity contribution is -0.318. The standard InChI is InChI=1S/C19H16F3NO3/c1-2-15(24)23-17-16(12-8-4-3-5-9-12)13-10-6-7-11-14(13)26-18(17,25)19(20,21)22/h3-11,25H,2H2,1H3,(H,23,24). The highest BCUT2D eigenvalue weighted by Gasteiger charge is 2.62. The first kappa shape index (κ1) is 18.0. The molecule has 0 fully saturated rings. The Labute approximate surface area is 147 Å². The molecule has 7 heteroatoms. The molecule has 0 spiro atoms. The Morgan fingerprint density at radius 3 is 2.35 bits per heavy atom. The van der Waals surface area contributed by atoms with E-state index in [0.717, 1.165) is 0 Å². The first-order valence-electron chi connectivity index (χ1n) is 7.95. The maximum atomic E-state index is 13.8. The van der Waals surface area contributed by atoms with Crippen molar-refractivity contribution in [2.45, 2.75) is 25.3 Å². The number of rotatable bonds is 3. The van der Waals surface area contributed by atoms with Gasteiger partial charge in [0, 0.05) is 17.6 Å². The monoisotopic (exact) mass is 363 g/mol. The minimum atomic E-state index is -5.17. The van der Waals surface area contributed by atoms with Gasteiger partial charge in [0.2, 0.25) is 5.91 Å². The molecule has 136 valence electrons. The highest BCUT2D eigenvalue weighted by Crippen LogP contribution is 2.47. The summed E-state index contributed by atoms with van der Waals surface area (Å²) in [5, 5.41) is 12.7. The topological polar surface area (TPSA) is 58.6 Å². The van der Waals surface area contributed by atoms with E-state index in [4.69, 9.17) is 4.74 Å². The van der Waals surface area contributed by atoms with Gasteiger partial charge in [0.15, 0.2) is 0 Å². The molecule has 0 aromatic heterocycles. The molecule has 26 heavy (non-hydrogen) atoms. The number of hydrogen-bond acceptors (Lipinski definition) is 3. The average Bonchev–Trinajstić information content (AvgIpc) is 2.62. The first-order valence-corrected chi connectivity index (χ1v) is 7.95. The van der Waals surface area contributed by atoms with Crippen molar-refractivity contribution in [3.8, 4) is 5.75 Å². The molecule has 0 radical (unpaired) electrons. The third-order valence-corrected chi connectivity index (χ3v) is 4.04. The first-order chi connectivity index (χ1) is 12.3. The van der Waals surface area contributed by atoms with Crippen molar-refractivity contribution < 1.29 is 27.8 Å². The van der Waals surface area contributed by atoms with Gasteiger partial charge in [-0.3, -0.25) is 4.79 Å². The summed E-state index contributed by atoms with van der Waals surface area (Å²) >= 11 is 0. The zero-order chi connectivity index (χ0) is 18.9. The molecule has 2 aromatic carbocycles. The zero-order valence-electron chi connectivity index (χ0n) is 13.8. The van der Waals surface area contributed by atoms with Crippen molar-refractivity contribution in [2.75, 3.05) is 0 Å². The highest BCUT2D eigenvalue weighted by molar-refractivity contribution is 5.90. The van der Waals surface area contributed by atoms with Gasteiger partial charge in [-0.1, -0.05) is 55.5 Å². The molecule has 4 nitrogen and oxygen atoms in total. The fourth-order valence-electron chi connectivity index (χ4n) is 2.76. The lowest BCUT2D eigenvalue weighted by atomic mass is 9.89. The second kappa shape index (κ2) is 6.49. The van der Waals surface area contributed by atoms with E-state index in [9.17, 15) is 23.1 Å². The van der Waals surface area contributed by atoms with E-state index < -0.39 is 23.6 Å². The number of carbonyl (C=O) groups is 1. The SMILES string of the molecule is CCC(=O)NC1=C(c2ccccc2)c2ccccc2OC1(O)C(F)(F)F. The van der Waals surface area contributed by atoms with E-state index in [1.807, 2.05) is 0 Å². The van der Waals surface area contributed by atoms with E-state index in [-0.39, 0.29) is 17.7 Å². The maximum Gasteiger partial charge on any atom is 0.462 e. The Morgan fingerprint density at radius 1 is 1.12 bits per heavy atom. The number of para-hydroxylation sites is 1. The summed E-state index contributed by atoms with van der Waals surface area (Å²) < 4.78 is 46.2. The molecule has 1 aliphatic heterocycles. The minimum absolute atomic E-state index is 0.0544. The number of benzene rings is 2. The van der Waals surface area contributed by atoms with E-state index in [2.05, 4.69) is 5.32 Å². The van der Waals surface area contributed by atoms with Crippen LogP contribution in [0.2, 0.25) is 0 Å². The molecule has 1 amide bonds. The van der Waals surface area contributed by atoms with Crippen LogP contribution in [0.4, 0.5) is 13.2 Å². The molecule has 1 unspecified atom stereocenters. The Bertz CT molecular complexity index is 862. The number of nitrogens with one attached hydrogen (secondary N) is 1. The maximum absolute atomic E-state index is 13.8. The Hall–Kier alpha value is -2.80. The normalized spacial score (nSPS) is 19.6. The largest absolute Gasteiger partial charge is 0.462 e. The van der Waals surface area contributed by atoms with Crippen LogP contribution in [0.1, 0.15) is 24.5 Å². The third-order valence-electron chi connectivity index (χ3n) is 4.04. The van der Waals surface area contributed by atoms with Gasteiger partial charge in [-0.05, 0) is 11.6 Å². The second-order valence-corrected chi connectivity index (χ2v) is 5.76. The quantitative estimate of drug-likeness (QED) is 0.876. The Balaban J connectivity index is 2.36. The molecule has 0 saturated heterocycles. The lowest BCUT2D eigenvalue weighted by Crippen LogP contribution is -2.57. The molecule has 0 saturated carbocycles. The fourth-order valence-corrected chi connectivity index (χ4v) is 2.76. The summed E-state index contributed by atoms with van der Waals surface area (Å²) in [5.74, 6) is -4.46. The molecule has 3 rings (SSSR count). The highest BCUT2D eigenvalue weighted by atomic mass is 19.4. The van der Waals surface area contributed by atoms with Gasteiger partial charge in [0.1, 0.15) is 11.4 Å². The summed E-state index contributed by atoms with van der Waals surface area (Å²) in [5.41, 5.74) is 0.0900. The van der Waals surface area contributed by atoms with Crippen LogP contribution in [-0.2, 0) is 4.79 Å². The van der Waals surface area contributed by atoms with Crippen LogP contribution in [-0.4, -0.2) is 23.0 Å². The van der Waals surface area contributed by atoms with Crippen LogP contribution in [0.3, 0.4) is 0 Å². The fraction of sp³-hybridized carbons (Fsp3) is 0.211. The number of ether oxygens (including phenoxy) is 1. The van der Waals surface area contributed by atoms with Gasteiger partial charge < -0.3 is 15.2 Å². The van der Waals surface area contributed by atoms with Crippen LogP contribution in [0.5, 0.6) is 5.75 Å². The minimum Gasteiger partial charge on any atom is -0.448 e. The van der Waals surface area contributed by atoms with Gasteiger partial charge in [-0.2, -0.15) is 13.2 Å². The molecule has 2 aromatic rings. The molecule has 0 aliphatic carbocycles. The molecule has 2 N–H and O–H groups in total. The molecule has 1 aliphatic rings. The Morgan fingerprint density at radius 2 is 1.73 bits per heavy atom. The van der Waals surface area contributed by atoms with E-state index in [1.54, 1.807) is 42.5 Å². The summed E-state index contributed by atoms with van der Waals surface area (Å²) in [4.78, 5) is 11.9. The van der Waals surface area contributed by atoms with Gasteiger partial charge in [-0.15, -0.1) is 0 Å². The molecular formula is C19H16F3NO3. The zero-order valence-corrected chi connectivity index (χ0v) is 13.8. The van der Waals surface area contributed by atoms with Crippen molar-refractivity contribution in [1.82, 2.24) is 5.32 Å². The van der Waals surface area contributed by atoms with Crippen LogP contribution < -0.4 is 10.1 Å². The number of fused-ring (bicyclic) bond motifs is 1. The lowest BCUT2D eigenvalue weighted by Gasteiger charge is -2.38. The van der Waals surface area contributed by atoms with E-state index in [1.165, 1.54) is 19.1 Å². The van der Waals surface area contributed by atoms with Gasteiger partial charge in [0.05, 0.1) is 0 Å². The third kappa shape index (κ3) is 2.94. The van der Waals surface area contributed by atoms with Crippen LogP contribution >= 0.6 is 0 Å². The van der Waals surface area contributed by atoms with Gasteiger partial charge in [0.25, 0.3) is 0 Å². The van der Waals surface area contributed by atoms with Crippen molar-refractivity contribution in [3.63, 3.8) is 0 Å². The summed E-state index contributed by atoms with van der Waals surface area (Å²) in [6.45, 7) is 1.50. The molecule has 1 atom stereocenters. The van der Waals surface area contributed by atoms with E-state index in [0.29, 0.717) is 11.1 Å². The smallest absolute Gasteiger partial charge is 0.448 e. The number of aliphatic hydroxyl groups is 1. The van der Waals surface area contributed by atoms with Gasteiger partial charge >= 0.3 is 12.0 Å². The molecular weight excluding hydrogens is 347 g/mol. The number of alkyl halides is 3. The van der Waals surface area contributed by atoms with E-state index >= 15 is 0 Å². The summed E-state index contributed by atoms with van der Waals surface area (Å²) in [6, 6.07) is 14.3. The molecule has 1 heterocycles. The Kier molecular flexibility index (Phi) is 4.50. The number of carbonyl (C=O) groups excluding carboxylic acids is 1. The number of hydrogen-bond donors (Lipinski definition) is 2. The van der Waals surface area contributed by atoms with Crippen molar-refractivity contribution in [2.24, 2.45) is 0 Å². The molecule has 0 bridgehead atoms. The summed E-state index contributed by atoms with van der Waals surface area (Å²) in [7, 11) is 0. The van der Waals surface area contributed by atoms with Crippen LogP contribution in [0.25, 0.3) is 5.57 Å². The number of halogens is 3. The predicted octanol–water partition coefficient (Wildman–Crippen LogP) is 3.62. The van der Waals surface area contributed by atoms with Gasteiger partial charge in [-0.25, -0.2) is 0 Å². The van der Waals surface area contributed by atoms with Crippen molar-refractivity contribution >= 4 is 11.5 Å². The predicted molar refractivity (Wildman–Crippen MR) is 89.0 cm³/mol.